The van der Waals surface area contributed by atoms with Crippen LogP contribution in [0.25, 0.3) is 0 Å². The molecule has 1 aliphatic rings. The standard InChI is InChI=1S/C25H42N2O3/c1-5-7-8-15-25(4,30-19-6-2)24(28)26-22-9-11-23(12-10-22)29-20-18-27-16-13-21(3)14-17-27/h9-12,21H,5-8,13-20H2,1-4H3,(H,26,28)/t25-/m1/s1. The van der Waals surface area contributed by atoms with Gasteiger partial charge in [-0.1, -0.05) is 40.0 Å². The molecule has 1 aromatic rings. The van der Waals surface area contributed by atoms with Gasteiger partial charge in [-0.25, -0.2) is 0 Å². The largest absolute Gasteiger partial charge is 0.492 e. The summed E-state index contributed by atoms with van der Waals surface area (Å²) in [7, 11) is 0. The fraction of sp³-hybridized carbons (Fsp3) is 0.720. The van der Waals surface area contributed by atoms with Crippen LogP contribution in [0.15, 0.2) is 24.3 Å². The Bertz CT molecular complexity index is 611. The van der Waals surface area contributed by atoms with Crippen LogP contribution in [-0.4, -0.2) is 49.3 Å². The molecule has 1 fully saturated rings. The van der Waals surface area contributed by atoms with Crippen molar-refractivity contribution in [3.05, 3.63) is 24.3 Å². The maximum Gasteiger partial charge on any atom is 0.256 e. The van der Waals surface area contributed by atoms with E-state index in [4.69, 9.17) is 9.47 Å². The number of amides is 1. The summed E-state index contributed by atoms with van der Waals surface area (Å²) in [6.07, 6.45) is 7.45. The van der Waals surface area contributed by atoms with E-state index < -0.39 is 5.60 Å². The molecule has 0 bridgehead atoms. The SMILES string of the molecule is CCCCC[C@@](C)(OCCC)C(=O)Nc1ccc(OCCN2CCC(C)CC2)cc1. The van der Waals surface area contributed by atoms with Gasteiger partial charge in [0.25, 0.3) is 5.91 Å². The number of carbonyl (C=O) groups is 1. The Morgan fingerprint density at radius 2 is 1.80 bits per heavy atom. The highest BCUT2D eigenvalue weighted by atomic mass is 16.5. The average molecular weight is 419 g/mol. The second-order valence-corrected chi connectivity index (χ2v) is 8.89. The number of likely N-dealkylation sites (tertiary alicyclic amines) is 1. The molecule has 30 heavy (non-hydrogen) atoms. The third kappa shape index (κ3) is 8.27. The number of anilines is 1. The van der Waals surface area contributed by atoms with Crippen LogP contribution in [0.4, 0.5) is 5.69 Å². The highest BCUT2D eigenvalue weighted by molar-refractivity contribution is 5.97. The lowest BCUT2D eigenvalue weighted by Gasteiger charge is -2.30. The lowest BCUT2D eigenvalue weighted by molar-refractivity contribution is -0.140. The summed E-state index contributed by atoms with van der Waals surface area (Å²) in [4.78, 5) is 15.4. The summed E-state index contributed by atoms with van der Waals surface area (Å²) in [5.41, 5.74) is -0.00840. The summed E-state index contributed by atoms with van der Waals surface area (Å²) in [5.74, 6) is 1.62. The predicted octanol–water partition coefficient (Wildman–Crippen LogP) is 5.50. The van der Waals surface area contributed by atoms with Gasteiger partial charge in [0.15, 0.2) is 0 Å². The van der Waals surface area contributed by atoms with Crippen molar-refractivity contribution in [2.45, 2.75) is 78.2 Å². The van der Waals surface area contributed by atoms with Crippen molar-refractivity contribution in [1.29, 1.82) is 0 Å². The Kier molecular flexibility index (Phi) is 10.7. The highest BCUT2D eigenvalue weighted by Crippen LogP contribution is 2.24. The molecule has 0 saturated carbocycles. The van der Waals surface area contributed by atoms with Gasteiger partial charge in [-0.3, -0.25) is 9.69 Å². The van der Waals surface area contributed by atoms with E-state index in [2.05, 4.69) is 31.0 Å². The van der Waals surface area contributed by atoms with Crippen LogP contribution in [0.5, 0.6) is 5.75 Å². The van der Waals surface area contributed by atoms with E-state index in [9.17, 15) is 4.79 Å². The van der Waals surface area contributed by atoms with Crippen molar-refractivity contribution in [1.82, 2.24) is 4.90 Å². The van der Waals surface area contributed by atoms with Gasteiger partial charge in [0.2, 0.25) is 0 Å². The molecule has 2 rings (SSSR count). The Morgan fingerprint density at radius 1 is 1.10 bits per heavy atom. The van der Waals surface area contributed by atoms with Crippen LogP contribution in [0.1, 0.15) is 72.6 Å². The zero-order valence-electron chi connectivity index (χ0n) is 19.5. The number of hydrogen-bond donors (Lipinski definition) is 1. The number of ether oxygens (including phenoxy) is 2. The van der Waals surface area contributed by atoms with Crippen molar-refractivity contribution in [2.24, 2.45) is 5.92 Å². The molecule has 0 spiro atoms. The van der Waals surface area contributed by atoms with E-state index >= 15 is 0 Å². The highest BCUT2D eigenvalue weighted by Gasteiger charge is 2.33. The average Bonchev–Trinajstić information content (AvgIpc) is 2.75. The summed E-state index contributed by atoms with van der Waals surface area (Å²) >= 11 is 0. The number of unbranched alkanes of at least 4 members (excludes halogenated alkanes) is 2. The molecule has 0 unspecified atom stereocenters. The molecule has 1 amide bonds. The van der Waals surface area contributed by atoms with E-state index in [-0.39, 0.29) is 5.91 Å². The number of nitrogens with one attached hydrogen (secondary N) is 1. The van der Waals surface area contributed by atoms with Crippen molar-refractivity contribution in [2.75, 3.05) is 38.2 Å². The molecule has 0 aromatic heterocycles. The van der Waals surface area contributed by atoms with Gasteiger partial charge in [-0.2, -0.15) is 0 Å². The fourth-order valence-electron chi connectivity index (χ4n) is 3.77. The molecule has 5 heteroatoms. The normalized spacial score (nSPS) is 17.5. The van der Waals surface area contributed by atoms with Gasteiger partial charge in [-0.05, 0) is 75.9 Å². The van der Waals surface area contributed by atoms with Gasteiger partial charge in [0.05, 0.1) is 0 Å². The molecule has 5 nitrogen and oxygen atoms in total. The van der Waals surface area contributed by atoms with Crippen molar-refractivity contribution >= 4 is 11.6 Å². The number of piperidine rings is 1. The first-order chi connectivity index (χ1) is 14.5. The van der Waals surface area contributed by atoms with Crippen LogP contribution in [0.3, 0.4) is 0 Å². The lowest BCUT2D eigenvalue weighted by atomic mass is 9.96. The minimum atomic E-state index is -0.785. The summed E-state index contributed by atoms with van der Waals surface area (Å²) < 4.78 is 11.9. The quantitative estimate of drug-likeness (QED) is 0.430. The van der Waals surface area contributed by atoms with Crippen molar-refractivity contribution in [3.8, 4) is 5.75 Å². The minimum absolute atomic E-state index is 0.0694. The van der Waals surface area contributed by atoms with Crippen LogP contribution in [0.2, 0.25) is 0 Å². The summed E-state index contributed by atoms with van der Waals surface area (Å²) in [6.45, 7) is 13.1. The first-order valence-electron chi connectivity index (χ1n) is 11.9. The van der Waals surface area contributed by atoms with E-state index in [0.29, 0.717) is 13.2 Å². The molecule has 1 N–H and O–H groups in total. The minimum Gasteiger partial charge on any atom is -0.492 e. The Morgan fingerprint density at radius 3 is 2.43 bits per heavy atom. The smallest absolute Gasteiger partial charge is 0.256 e. The number of benzene rings is 1. The fourth-order valence-corrected chi connectivity index (χ4v) is 3.77. The van der Waals surface area contributed by atoms with Crippen molar-refractivity contribution < 1.29 is 14.3 Å². The topological polar surface area (TPSA) is 50.8 Å². The lowest BCUT2D eigenvalue weighted by Crippen LogP contribution is -2.43. The molecule has 1 heterocycles. The van der Waals surface area contributed by atoms with E-state index in [1.807, 2.05) is 31.2 Å². The first-order valence-corrected chi connectivity index (χ1v) is 11.9. The number of carbonyl (C=O) groups excluding carboxylic acids is 1. The molecule has 0 radical (unpaired) electrons. The van der Waals surface area contributed by atoms with Gasteiger partial charge < -0.3 is 14.8 Å². The van der Waals surface area contributed by atoms with Crippen molar-refractivity contribution in [3.63, 3.8) is 0 Å². The maximum atomic E-state index is 12.9. The number of nitrogens with zero attached hydrogens (tertiary/aromatic N) is 1. The molecule has 170 valence electrons. The van der Waals surface area contributed by atoms with Gasteiger partial charge >= 0.3 is 0 Å². The monoisotopic (exact) mass is 418 g/mol. The zero-order valence-corrected chi connectivity index (χ0v) is 19.5. The second kappa shape index (κ2) is 13.0. The van der Waals surface area contributed by atoms with Crippen LogP contribution < -0.4 is 10.1 Å². The maximum absolute atomic E-state index is 12.9. The Labute approximate surface area is 183 Å². The number of rotatable bonds is 13. The third-order valence-corrected chi connectivity index (χ3v) is 6.03. The predicted molar refractivity (Wildman–Crippen MR) is 124 cm³/mol. The van der Waals surface area contributed by atoms with Crippen LogP contribution in [-0.2, 0) is 9.53 Å². The van der Waals surface area contributed by atoms with Crippen LogP contribution >= 0.6 is 0 Å². The summed E-state index contributed by atoms with van der Waals surface area (Å²) in [6, 6.07) is 7.66. The zero-order chi connectivity index (χ0) is 21.8. The molecule has 1 saturated heterocycles. The van der Waals surface area contributed by atoms with Gasteiger partial charge in [0.1, 0.15) is 18.0 Å². The van der Waals surface area contributed by atoms with E-state index in [1.54, 1.807) is 0 Å². The third-order valence-electron chi connectivity index (χ3n) is 6.03. The van der Waals surface area contributed by atoms with E-state index in [1.165, 1.54) is 25.9 Å². The van der Waals surface area contributed by atoms with E-state index in [0.717, 1.165) is 56.0 Å². The van der Waals surface area contributed by atoms with Gasteiger partial charge in [0, 0.05) is 18.8 Å². The molecular weight excluding hydrogens is 376 g/mol. The molecule has 1 aromatic carbocycles. The Balaban J connectivity index is 1.81. The molecule has 1 aliphatic heterocycles. The number of hydrogen-bond acceptors (Lipinski definition) is 4. The first kappa shape index (κ1) is 24.7. The molecule has 0 aliphatic carbocycles. The molecule has 1 atom stereocenters. The van der Waals surface area contributed by atoms with Crippen LogP contribution in [0, 0.1) is 5.92 Å². The van der Waals surface area contributed by atoms with Gasteiger partial charge in [-0.15, -0.1) is 0 Å². The Hall–Kier alpha value is -1.59. The molecular formula is C25H42N2O3. The second-order valence-electron chi connectivity index (χ2n) is 8.89. The summed E-state index contributed by atoms with van der Waals surface area (Å²) in [5, 5.41) is 3.03.